The molecule has 27 heavy (non-hydrogen) atoms. The number of para-hydroxylation sites is 1. The summed E-state index contributed by atoms with van der Waals surface area (Å²) >= 11 is 5.89. The molecule has 5 heteroatoms. The van der Waals surface area contributed by atoms with Crippen molar-refractivity contribution in [3.05, 3.63) is 100 Å². The number of carbonyl (C=O) groups is 1. The van der Waals surface area contributed by atoms with E-state index in [2.05, 4.69) is 11.4 Å². The van der Waals surface area contributed by atoms with Crippen molar-refractivity contribution < 1.29 is 9.53 Å². The summed E-state index contributed by atoms with van der Waals surface area (Å²) in [5.41, 5.74) is 2.94. The number of ether oxygens (including phenoxy) is 1. The van der Waals surface area contributed by atoms with E-state index in [4.69, 9.17) is 21.6 Å². The van der Waals surface area contributed by atoms with Crippen molar-refractivity contribution in [1.82, 2.24) is 5.32 Å². The Labute approximate surface area is 163 Å². The van der Waals surface area contributed by atoms with E-state index in [0.717, 1.165) is 11.1 Å². The number of hydrogen-bond donors (Lipinski definition) is 1. The van der Waals surface area contributed by atoms with Crippen LogP contribution in [-0.4, -0.2) is 5.91 Å². The molecule has 0 atom stereocenters. The molecular weight excluding hydrogens is 360 g/mol. The second kappa shape index (κ2) is 8.88. The van der Waals surface area contributed by atoms with E-state index in [9.17, 15) is 4.79 Å². The Morgan fingerprint density at radius 1 is 0.963 bits per heavy atom. The van der Waals surface area contributed by atoms with Crippen LogP contribution < -0.4 is 10.1 Å². The second-order valence-corrected chi connectivity index (χ2v) is 6.34. The summed E-state index contributed by atoms with van der Waals surface area (Å²) in [6.07, 6.45) is 0. The third-order valence-electron chi connectivity index (χ3n) is 3.98. The fourth-order valence-corrected chi connectivity index (χ4v) is 2.62. The average Bonchev–Trinajstić information content (AvgIpc) is 2.72. The minimum atomic E-state index is -0.217. The van der Waals surface area contributed by atoms with Crippen LogP contribution in [0.15, 0.2) is 72.8 Å². The first-order valence-electron chi connectivity index (χ1n) is 8.39. The lowest BCUT2D eigenvalue weighted by Crippen LogP contribution is -2.23. The van der Waals surface area contributed by atoms with E-state index < -0.39 is 0 Å². The summed E-state index contributed by atoms with van der Waals surface area (Å²) in [5.74, 6) is 0.302. The van der Waals surface area contributed by atoms with Crippen LogP contribution in [0.2, 0.25) is 5.02 Å². The standard InChI is InChI=1S/C22H17ClN2O2/c23-19-11-9-18(10-12-19)15-27-21-4-2-1-3-20(21)22(26)25-14-17-7-5-16(13-24)6-8-17/h1-12H,14-15H2,(H,25,26). The number of halogens is 1. The van der Waals surface area contributed by atoms with Crippen molar-refractivity contribution in [1.29, 1.82) is 5.26 Å². The minimum absolute atomic E-state index is 0.217. The minimum Gasteiger partial charge on any atom is -0.488 e. The molecule has 0 unspecified atom stereocenters. The van der Waals surface area contributed by atoms with E-state index in [1.807, 2.05) is 30.3 Å². The summed E-state index contributed by atoms with van der Waals surface area (Å²) < 4.78 is 5.83. The molecule has 0 aliphatic carbocycles. The summed E-state index contributed by atoms with van der Waals surface area (Å²) in [4.78, 5) is 12.6. The summed E-state index contributed by atoms with van der Waals surface area (Å²) in [6, 6.07) is 23.7. The van der Waals surface area contributed by atoms with Crippen LogP contribution in [0.25, 0.3) is 0 Å². The third kappa shape index (κ3) is 5.10. The first kappa shape index (κ1) is 18.5. The molecule has 3 aromatic rings. The molecule has 0 aliphatic rings. The molecule has 0 radical (unpaired) electrons. The van der Waals surface area contributed by atoms with Crippen molar-refractivity contribution in [3.8, 4) is 11.8 Å². The molecule has 0 heterocycles. The van der Waals surface area contributed by atoms with Gasteiger partial charge in [0.1, 0.15) is 12.4 Å². The maximum absolute atomic E-state index is 12.6. The van der Waals surface area contributed by atoms with Crippen molar-refractivity contribution in [2.45, 2.75) is 13.2 Å². The van der Waals surface area contributed by atoms with E-state index in [1.165, 1.54) is 0 Å². The quantitative estimate of drug-likeness (QED) is 0.677. The zero-order valence-corrected chi connectivity index (χ0v) is 15.2. The van der Waals surface area contributed by atoms with Crippen LogP contribution in [0.1, 0.15) is 27.0 Å². The van der Waals surface area contributed by atoms with Crippen LogP contribution in [0.5, 0.6) is 5.75 Å². The Bertz CT molecular complexity index is 961. The fraction of sp³-hybridized carbons (Fsp3) is 0.0909. The molecular formula is C22H17ClN2O2. The molecule has 0 saturated carbocycles. The number of rotatable bonds is 6. The maximum atomic E-state index is 12.6. The van der Waals surface area contributed by atoms with Crippen LogP contribution in [-0.2, 0) is 13.2 Å². The molecule has 1 amide bonds. The van der Waals surface area contributed by atoms with E-state index >= 15 is 0 Å². The van der Waals surface area contributed by atoms with Crippen LogP contribution >= 0.6 is 11.6 Å². The predicted molar refractivity (Wildman–Crippen MR) is 105 cm³/mol. The van der Waals surface area contributed by atoms with Crippen molar-refractivity contribution in [3.63, 3.8) is 0 Å². The van der Waals surface area contributed by atoms with Crippen LogP contribution in [0, 0.1) is 11.3 Å². The lowest BCUT2D eigenvalue weighted by molar-refractivity contribution is 0.0946. The zero-order chi connectivity index (χ0) is 19.1. The van der Waals surface area contributed by atoms with Crippen LogP contribution in [0.4, 0.5) is 0 Å². The number of nitrogens with zero attached hydrogens (tertiary/aromatic N) is 1. The highest BCUT2D eigenvalue weighted by atomic mass is 35.5. The number of nitriles is 1. The Morgan fingerprint density at radius 3 is 2.33 bits per heavy atom. The Morgan fingerprint density at radius 2 is 1.63 bits per heavy atom. The first-order chi connectivity index (χ1) is 13.2. The highest BCUT2D eigenvalue weighted by Crippen LogP contribution is 2.20. The average molecular weight is 377 g/mol. The van der Waals surface area contributed by atoms with Gasteiger partial charge in [-0.1, -0.05) is 48.0 Å². The highest BCUT2D eigenvalue weighted by Gasteiger charge is 2.12. The molecule has 0 aromatic heterocycles. The molecule has 0 spiro atoms. The van der Waals surface area contributed by atoms with Gasteiger partial charge in [-0.3, -0.25) is 4.79 Å². The molecule has 0 fully saturated rings. The lowest BCUT2D eigenvalue weighted by Gasteiger charge is -2.12. The molecule has 3 aromatic carbocycles. The second-order valence-electron chi connectivity index (χ2n) is 5.90. The molecule has 0 bridgehead atoms. The van der Waals surface area contributed by atoms with Gasteiger partial charge >= 0.3 is 0 Å². The van der Waals surface area contributed by atoms with Gasteiger partial charge in [-0.2, -0.15) is 5.26 Å². The first-order valence-corrected chi connectivity index (χ1v) is 8.77. The molecule has 0 aliphatic heterocycles. The number of amides is 1. The Balaban J connectivity index is 1.64. The van der Waals surface area contributed by atoms with Gasteiger partial charge in [0.2, 0.25) is 0 Å². The molecule has 4 nitrogen and oxygen atoms in total. The van der Waals surface area contributed by atoms with Gasteiger partial charge in [0.25, 0.3) is 5.91 Å². The fourth-order valence-electron chi connectivity index (χ4n) is 2.50. The molecule has 3 rings (SSSR count). The van der Waals surface area contributed by atoms with E-state index in [0.29, 0.717) is 35.1 Å². The monoisotopic (exact) mass is 376 g/mol. The number of hydrogen-bond acceptors (Lipinski definition) is 3. The lowest BCUT2D eigenvalue weighted by atomic mass is 10.1. The SMILES string of the molecule is N#Cc1ccc(CNC(=O)c2ccccc2OCc2ccc(Cl)cc2)cc1. The summed E-state index contributed by atoms with van der Waals surface area (Å²) in [7, 11) is 0. The summed E-state index contributed by atoms with van der Waals surface area (Å²) in [6.45, 7) is 0.715. The van der Waals surface area contributed by atoms with Crippen molar-refractivity contribution in [2.24, 2.45) is 0 Å². The summed E-state index contributed by atoms with van der Waals surface area (Å²) in [5, 5.41) is 12.4. The molecule has 1 N–H and O–H groups in total. The van der Waals surface area contributed by atoms with Crippen molar-refractivity contribution in [2.75, 3.05) is 0 Å². The highest BCUT2D eigenvalue weighted by molar-refractivity contribution is 6.30. The smallest absolute Gasteiger partial charge is 0.255 e. The van der Waals surface area contributed by atoms with Gasteiger partial charge in [0.05, 0.1) is 17.2 Å². The molecule has 0 saturated heterocycles. The van der Waals surface area contributed by atoms with Gasteiger partial charge in [0, 0.05) is 11.6 Å². The van der Waals surface area contributed by atoms with Gasteiger partial charge in [-0.15, -0.1) is 0 Å². The van der Waals surface area contributed by atoms with Crippen molar-refractivity contribution >= 4 is 17.5 Å². The topological polar surface area (TPSA) is 62.1 Å². The Kier molecular flexibility index (Phi) is 6.09. The van der Waals surface area contributed by atoms with E-state index in [1.54, 1.807) is 42.5 Å². The van der Waals surface area contributed by atoms with Gasteiger partial charge in [0.15, 0.2) is 0 Å². The molecule has 134 valence electrons. The number of benzene rings is 3. The van der Waals surface area contributed by atoms with E-state index in [-0.39, 0.29) is 5.91 Å². The maximum Gasteiger partial charge on any atom is 0.255 e. The van der Waals surface area contributed by atoms with Gasteiger partial charge in [-0.05, 0) is 47.5 Å². The Hall–Kier alpha value is -3.29. The van der Waals surface area contributed by atoms with Gasteiger partial charge in [-0.25, -0.2) is 0 Å². The largest absolute Gasteiger partial charge is 0.488 e. The predicted octanol–water partition coefficient (Wildman–Crippen LogP) is 4.72. The van der Waals surface area contributed by atoms with Gasteiger partial charge < -0.3 is 10.1 Å². The zero-order valence-electron chi connectivity index (χ0n) is 14.5. The number of nitrogens with one attached hydrogen (secondary N) is 1. The third-order valence-corrected chi connectivity index (χ3v) is 4.23. The normalized spacial score (nSPS) is 10.1. The van der Waals surface area contributed by atoms with Crippen LogP contribution in [0.3, 0.4) is 0 Å². The number of carbonyl (C=O) groups excluding carboxylic acids is 1.